The van der Waals surface area contributed by atoms with Gasteiger partial charge in [-0.3, -0.25) is 4.72 Å². The lowest BCUT2D eigenvalue weighted by Gasteiger charge is -2.12. The quantitative estimate of drug-likeness (QED) is 0.925. The molecule has 0 spiro atoms. The number of hydrogen-bond acceptors (Lipinski definition) is 4. The predicted molar refractivity (Wildman–Crippen MR) is 90.4 cm³/mol. The first-order chi connectivity index (χ1) is 11.6. The molecule has 6 heteroatoms. The van der Waals surface area contributed by atoms with Gasteiger partial charge in [-0.15, -0.1) is 0 Å². The molecule has 5 nitrogen and oxygen atoms in total. The Balaban J connectivity index is 1.53. The van der Waals surface area contributed by atoms with Gasteiger partial charge < -0.3 is 9.47 Å². The lowest BCUT2D eigenvalue weighted by Crippen LogP contribution is -2.13. The zero-order chi connectivity index (χ0) is 16.6. The smallest absolute Gasteiger partial charge is 0.261 e. The summed E-state index contributed by atoms with van der Waals surface area (Å²) in [6.07, 6.45) is 2.73. The van der Waals surface area contributed by atoms with Crippen LogP contribution in [-0.2, 0) is 32.3 Å². The standard InChI is InChI=1S/C18H19NO4S/c20-24(21,17-9-6-13-2-1-3-15(13)12-17)19-16-7-4-14(5-8-16)18-22-10-11-23-18/h4-9,12,18-19H,1-3,10-11H2. The van der Waals surface area contributed by atoms with Crippen molar-refractivity contribution in [1.29, 1.82) is 0 Å². The molecule has 24 heavy (non-hydrogen) atoms. The number of fused-ring (bicyclic) bond motifs is 1. The summed E-state index contributed by atoms with van der Waals surface area (Å²) in [6.45, 7) is 1.16. The second-order valence-electron chi connectivity index (χ2n) is 6.09. The molecule has 0 atom stereocenters. The Bertz CT molecular complexity index is 840. The summed E-state index contributed by atoms with van der Waals surface area (Å²) in [7, 11) is -3.58. The van der Waals surface area contributed by atoms with E-state index in [0.29, 0.717) is 23.8 Å². The molecule has 0 unspecified atom stereocenters. The molecule has 126 valence electrons. The van der Waals surface area contributed by atoms with E-state index < -0.39 is 10.0 Å². The van der Waals surface area contributed by atoms with E-state index >= 15 is 0 Å². The summed E-state index contributed by atoms with van der Waals surface area (Å²) in [6, 6.07) is 12.5. The minimum Gasteiger partial charge on any atom is -0.346 e. The lowest BCUT2D eigenvalue weighted by atomic mass is 10.1. The summed E-state index contributed by atoms with van der Waals surface area (Å²) in [4.78, 5) is 0.315. The molecule has 1 aliphatic heterocycles. The normalized spacial score (nSPS) is 17.8. The number of rotatable bonds is 4. The topological polar surface area (TPSA) is 64.6 Å². The highest BCUT2D eigenvalue weighted by Gasteiger charge is 2.20. The highest BCUT2D eigenvalue weighted by molar-refractivity contribution is 7.92. The highest BCUT2D eigenvalue weighted by Crippen LogP contribution is 2.27. The van der Waals surface area contributed by atoms with Crippen molar-refractivity contribution in [3.05, 3.63) is 59.2 Å². The van der Waals surface area contributed by atoms with Gasteiger partial charge in [0.05, 0.1) is 18.1 Å². The zero-order valence-corrected chi connectivity index (χ0v) is 14.0. The number of aryl methyl sites for hydroxylation is 2. The summed E-state index contributed by atoms with van der Waals surface area (Å²) in [5.74, 6) is 0. The van der Waals surface area contributed by atoms with E-state index in [1.165, 1.54) is 5.56 Å². The molecule has 2 aliphatic rings. The van der Waals surface area contributed by atoms with Crippen molar-refractivity contribution in [1.82, 2.24) is 0 Å². The molecule has 1 aliphatic carbocycles. The SMILES string of the molecule is O=S(=O)(Nc1ccc(C2OCCO2)cc1)c1ccc2c(c1)CCC2. The Labute approximate surface area is 141 Å². The Morgan fingerprint density at radius 1 is 0.917 bits per heavy atom. The van der Waals surface area contributed by atoms with E-state index in [9.17, 15) is 8.42 Å². The molecule has 0 aromatic heterocycles. The van der Waals surface area contributed by atoms with Crippen molar-refractivity contribution in [3.63, 3.8) is 0 Å². The Morgan fingerprint density at radius 2 is 1.62 bits per heavy atom. The van der Waals surface area contributed by atoms with Crippen LogP contribution in [0.5, 0.6) is 0 Å². The molecule has 2 aromatic carbocycles. The van der Waals surface area contributed by atoms with Gasteiger partial charge >= 0.3 is 0 Å². The van der Waals surface area contributed by atoms with E-state index in [-0.39, 0.29) is 6.29 Å². The van der Waals surface area contributed by atoms with E-state index in [1.807, 2.05) is 18.2 Å². The van der Waals surface area contributed by atoms with Gasteiger partial charge in [0.15, 0.2) is 6.29 Å². The Morgan fingerprint density at radius 3 is 2.38 bits per heavy atom. The van der Waals surface area contributed by atoms with E-state index in [2.05, 4.69) is 4.72 Å². The molecule has 1 N–H and O–H groups in total. The van der Waals surface area contributed by atoms with Crippen LogP contribution in [0.1, 0.15) is 29.4 Å². The fraction of sp³-hybridized carbons (Fsp3) is 0.333. The molecular formula is C18H19NO4S. The molecule has 1 heterocycles. The van der Waals surface area contributed by atoms with Gasteiger partial charge in [0, 0.05) is 11.3 Å². The van der Waals surface area contributed by atoms with Crippen molar-refractivity contribution in [2.24, 2.45) is 0 Å². The second-order valence-corrected chi connectivity index (χ2v) is 7.77. The van der Waals surface area contributed by atoms with Crippen LogP contribution in [0.25, 0.3) is 0 Å². The maximum atomic E-state index is 12.6. The largest absolute Gasteiger partial charge is 0.346 e. The van der Waals surface area contributed by atoms with Gasteiger partial charge in [0.25, 0.3) is 10.0 Å². The minimum absolute atomic E-state index is 0.315. The fourth-order valence-electron chi connectivity index (χ4n) is 3.19. The number of hydrogen-bond donors (Lipinski definition) is 1. The maximum absolute atomic E-state index is 12.6. The summed E-state index contributed by atoms with van der Waals surface area (Å²) < 4.78 is 38.7. The van der Waals surface area contributed by atoms with Crippen LogP contribution in [0.15, 0.2) is 47.4 Å². The van der Waals surface area contributed by atoms with Gasteiger partial charge in [-0.1, -0.05) is 18.2 Å². The van der Waals surface area contributed by atoms with Crippen molar-refractivity contribution < 1.29 is 17.9 Å². The Kier molecular flexibility index (Phi) is 4.04. The number of nitrogens with one attached hydrogen (secondary N) is 1. The zero-order valence-electron chi connectivity index (χ0n) is 13.2. The van der Waals surface area contributed by atoms with Crippen LogP contribution in [-0.4, -0.2) is 21.6 Å². The fourth-order valence-corrected chi connectivity index (χ4v) is 4.30. The van der Waals surface area contributed by atoms with E-state index in [4.69, 9.17) is 9.47 Å². The first-order valence-electron chi connectivity index (χ1n) is 8.10. The Hall–Kier alpha value is -1.89. The monoisotopic (exact) mass is 345 g/mol. The molecule has 4 rings (SSSR count). The molecular weight excluding hydrogens is 326 g/mol. The average Bonchev–Trinajstić information content (AvgIpc) is 3.26. The minimum atomic E-state index is -3.58. The van der Waals surface area contributed by atoms with Crippen molar-refractivity contribution in [2.45, 2.75) is 30.4 Å². The average molecular weight is 345 g/mol. The molecule has 0 saturated carbocycles. The van der Waals surface area contributed by atoms with Gasteiger partial charge in [0.2, 0.25) is 0 Å². The number of ether oxygens (including phenoxy) is 2. The number of anilines is 1. The first-order valence-corrected chi connectivity index (χ1v) is 9.58. The van der Waals surface area contributed by atoms with Crippen LogP contribution in [0.3, 0.4) is 0 Å². The van der Waals surface area contributed by atoms with Crippen molar-refractivity contribution in [2.75, 3.05) is 17.9 Å². The summed E-state index contributed by atoms with van der Waals surface area (Å²) in [5.41, 5.74) is 3.81. The van der Waals surface area contributed by atoms with Crippen LogP contribution < -0.4 is 4.72 Å². The predicted octanol–water partition coefficient (Wildman–Crippen LogP) is 3.02. The molecule has 1 saturated heterocycles. The first kappa shape index (κ1) is 15.6. The maximum Gasteiger partial charge on any atom is 0.261 e. The number of sulfonamides is 1. The molecule has 2 aromatic rings. The lowest BCUT2D eigenvalue weighted by molar-refractivity contribution is -0.0441. The third-order valence-electron chi connectivity index (χ3n) is 4.44. The molecule has 0 amide bonds. The summed E-state index contributed by atoms with van der Waals surface area (Å²) >= 11 is 0. The van der Waals surface area contributed by atoms with Gasteiger partial charge in [-0.05, 0) is 54.7 Å². The van der Waals surface area contributed by atoms with Crippen LogP contribution >= 0.6 is 0 Å². The molecule has 0 radical (unpaired) electrons. The van der Waals surface area contributed by atoms with E-state index in [1.54, 1.807) is 24.3 Å². The molecule has 0 bridgehead atoms. The third kappa shape index (κ3) is 3.05. The van der Waals surface area contributed by atoms with Crippen molar-refractivity contribution >= 4 is 15.7 Å². The summed E-state index contributed by atoms with van der Waals surface area (Å²) in [5, 5.41) is 0. The third-order valence-corrected chi connectivity index (χ3v) is 5.82. The highest BCUT2D eigenvalue weighted by atomic mass is 32.2. The van der Waals surface area contributed by atoms with Gasteiger partial charge in [-0.2, -0.15) is 0 Å². The van der Waals surface area contributed by atoms with Gasteiger partial charge in [-0.25, -0.2) is 8.42 Å². The van der Waals surface area contributed by atoms with Crippen LogP contribution in [0.2, 0.25) is 0 Å². The molecule has 1 fully saturated rings. The van der Waals surface area contributed by atoms with Gasteiger partial charge in [0.1, 0.15) is 0 Å². The van der Waals surface area contributed by atoms with Crippen LogP contribution in [0, 0.1) is 0 Å². The second kappa shape index (κ2) is 6.20. The number of benzene rings is 2. The van der Waals surface area contributed by atoms with Crippen molar-refractivity contribution in [3.8, 4) is 0 Å². The van der Waals surface area contributed by atoms with E-state index in [0.717, 1.165) is 30.4 Å². The van der Waals surface area contributed by atoms with Crippen LogP contribution in [0.4, 0.5) is 5.69 Å².